The number of nitrogens with one attached hydrogen (secondary N) is 2. The minimum absolute atomic E-state index is 0.129. The normalized spacial score (nSPS) is 23.1. The zero-order valence-corrected chi connectivity index (χ0v) is 18.9. The van der Waals surface area contributed by atoms with E-state index in [9.17, 15) is 4.79 Å². The molecule has 0 spiro atoms. The highest BCUT2D eigenvalue weighted by molar-refractivity contribution is 5.75. The zero-order valence-electron chi connectivity index (χ0n) is 18.9. The Kier molecular flexibility index (Phi) is 8.65. The molecule has 4 rings (SSSR count). The average Bonchev–Trinajstić information content (AvgIpc) is 2.82. The van der Waals surface area contributed by atoms with E-state index in [0.717, 1.165) is 44.0 Å². The zero-order chi connectivity index (χ0) is 22.0. The number of hydrogen-bond acceptors (Lipinski definition) is 5. The molecule has 1 aromatic carbocycles. The van der Waals surface area contributed by atoms with Crippen LogP contribution in [0.15, 0.2) is 54.9 Å². The maximum absolute atomic E-state index is 12.2. The fourth-order valence-electron chi connectivity index (χ4n) is 5.09. The summed E-state index contributed by atoms with van der Waals surface area (Å²) >= 11 is 0. The lowest BCUT2D eigenvalue weighted by atomic mass is 9.79. The molecule has 2 unspecified atom stereocenters. The Morgan fingerprint density at radius 3 is 2.88 bits per heavy atom. The molecule has 2 saturated heterocycles. The highest BCUT2D eigenvalue weighted by Gasteiger charge is 2.36. The van der Waals surface area contributed by atoms with Crippen LogP contribution in [0, 0.1) is 11.8 Å². The topological polar surface area (TPSA) is 66.5 Å². The molecule has 2 aliphatic heterocycles. The summed E-state index contributed by atoms with van der Waals surface area (Å²) in [5, 5.41) is 6.75. The van der Waals surface area contributed by atoms with E-state index in [4.69, 9.17) is 4.74 Å². The van der Waals surface area contributed by atoms with Crippen LogP contribution in [-0.4, -0.2) is 54.6 Å². The second-order valence-corrected chi connectivity index (χ2v) is 9.21. The van der Waals surface area contributed by atoms with Crippen LogP contribution in [0.2, 0.25) is 0 Å². The van der Waals surface area contributed by atoms with E-state index in [1.165, 1.54) is 18.5 Å². The minimum atomic E-state index is 0.129. The Bertz CT molecular complexity index is 817. The molecule has 172 valence electrons. The third kappa shape index (κ3) is 7.12. The van der Waals surface area contributed by atoms with Gasteiger partial charge in [-0.25, -0.2) is 0 Å². The first-order valence-electron chi connectivity index (χ1n) is 12.0. The molecule has 2 aliphatic rings. The van der Waals surface area contributed by atoms with Gasteiger partial charge in [0.15, 0.2) is 0 Å². The van der Waals surface area contributed by atoms with Gasteiger partial charge >= 0.3 is 0 Å². The lowest BCUT2D eigenvalue weighted by Gasteiger charge is -2.46. The van der Waals surface area contributed by atoms with Gasteiger partial charge in [0, 0.05) is 51.0 Å². The van der Waals surface area contributed by atoms with Crippen LogP contribution in [0.1, 0.15) is 36.8 Å². The molecular formula is C26H36N4O2. The third-order valence-electron chi connectivity index (χ3n) is 6.61. The summed E-state index contributed by atoms with van der Waals surface area (Å²) in [4.78, 5) is 19.0. The molecule has 32 heavy (non-hydrogen) atoms. The van der Waals surface area contributed by atoms with Crippen molar-refractivity contribution in [3.05, 3.63) is 66.0 Å². The summed E-state index contributed by atoms with van der Waals surface area (Å²) < 4.78 is 5.63. The molecular weight excluding hydrogens is 400 g/mol. The van der Waals surface area contributed by atoms with E-state index >= 15 is 0 Å². The smallest absolute Gasteiger partial charge is 0.220 e. The predicted molar refractivity (Wildman–Crippen MR) is 126 cm³/mol. The number of pyridine rings is 1. The summed E-state index contributed by atoms with van der Waals surface area (Å²) in [5.74, 6) is 1.54. The molecule has 2 bridgehead atoms. The van der Waals surface area contributed by atoms with Crippen molar-refractivity contribution in [3.8, 4) is 0 Å². The summed E-state index contributed by atoms with van der Waals surface area (Å²) in [6.07, 6.45) is 7.71. The number of amides is 1. The summed E-state index contributed by atoms with van der Waals surface area (Å²) in [6, 6.07) is 14.8. The molecule has 1 amide bonds. The molecule has 0 aliphatic carbocycles. The van der Waals surface area contributed by atoms with Crippen LogP contribution in [0.4, 0.5) is 0 Å². The Hall–Kier alpha value is -2.28. The van der Waals surface area contributed by atoms with Crippen LogP contribution in [0.5, 0.6) is 0 Å². The van der Waals surface area contributed by atoms with E-state index in [2.05, 4.69) is 26.6 Å². The Morgan fingerprint density at radius 1 is 1.16 bits per heavy atom. The van der Waals surface area contributed by atoms with Crippen molar-refractivity contribution in [1.29, 1.82) is 0 Å². The lowest BCUT2D eigenvalue weighted by molar-refractivity contribution is -0.121. The molecule has 2 aromatic rings. The highest BCUT2D eigenvalue weighted by Crippen LogP contribution is 2.31. The molecule has 1 aromatic heterocycles. The van der Waals surface area contributed by atoms with Gasteiger partial charge in [-0.05, 0) is 54.8 Å². The van der Waals surface area contributed by atoms with Crippen LogP contribution < -0.4 is 10.6 Å². The van der Waals surface area contributed by atoms with Crippen LogP contribution in [0.25, 0.3) is 0 Å². The SMILES string of the molecule is O=C(CCC[C@H]1NCC2CC1CN(Cc1cccnc1)C2)NCCOCc1ccccc1. The lowest BCUT2D eigenvalue weighted by Crippen LogP contribution is -2.55. The van der Waals surface area contributed by atoms with Gasteiger partial charge in [0.25, 0.3) is 0 Å². The van der Waals surface area contributed by atoms with Gasteiger partial charge in [0.2, 0.25) is 5.91 Å². The molecule has 6 heteroatoms. The molecule has 0 saturated carbocycles. The van der Waals surface area contributed by atoms with Crippen molar-refractivity contribution in [2.75, 3.05) is 32.8 Å². The van der Waals surface area contributed by atoms with Gasteiger partial charge in [0.05, 0.1) is 13.2 Å². The number of hydrogen-bond donors (Lipinski definition) is 2. The molecule has 6 nitrogen and oxygen atoms in total. The third-order valence-corrected chi connectivity index (χ3v) is 6.61. The van der Waals surface area contributed by atoms with E-state index in [1.54, 1.807) is 0 Å². The number of ether oxygens (including phenoxy) is 1. The number of fused-ring (bicyclic) bond motifs is 2. The number of carbonyl (C=O) groups is 1. The minimum Gasteiger partial charge on any atom is -0.375 e. The number of nitrogens with zero attached hydrogens (tertiary/aromatic N) is 2. The van der Waals surface area contributed by atoms with Crippen LogP contribution >= 0.6 is 0 Å². The summed E-state index contributed by atoms with van der Waals surface area (Å²) in [7, 11) is 0. The number of rotatable bonds is 11. The standard InChI is InChI=1S/C26H36N4O2/c31-26(28-12-13-32-20-21-6-2-1-3-7-21)10-4-9-25-24-14-23(16-29-25)18-30(19-24)17-22-8-5-11-27-15-22/h1-3,5-8,11,15,23-25,29H,4,9-10,12-14,16-20H2,(H,28,31)/t23?,24?,25-/m1/s1. The quantitative estimate of drug-likeness (QED) is 0.530. The number of carbonyl (C=O) groups excluding carboxylic acids is 1. The number of benzene rings is 1. The largest absolute Gasteiger partial charge is 0.375 e. The Balaban J connectivity index is 1.10. The number of piperidine rings is 2. The summed E-state index contributed by atoms with van der Waals surface area (Å²) in [5.41, 5.74) is 2.45. The average molecular weight is 437 g/mol. The maximum Gasteiger partial charge on any atom is 0.220 e. The second kappa shape index (κ2) is 12.1. The molecule has 0 radical (unpaired) electrons. The fourth-order valence-corrected chi connectivity index (χ4v) is 5.09. The van der Waals surface area contributed by atoms with Crippen LogP contribution in [0.3, 0.4) is 0 Å². The van der Waals surface area contributed by atoms with Crippen molar-refractivity contribution in [3.63, 3.8) is 0 Å². The predicted octanol–water partition coefficient (Wildman–Crippen LogP) is 2.99. The first kappa shape index (κ1) is 22.9. The molecule has 2 fully saturated rings. The van der Waals surface area contributed by atoms with E-state index < -0.39 is 0 Å². The number of likely N-dealkylation sites (tertiary alicyclic amines) is 1. The molecule has 2 N–H and O–H groups in total. The number of aromatic nitrogens is 1. The van der Waals surface area contributed by atoms with Gasteiger partial charge in [-0.15, -0.1) is 0 Å². The highest BCUT2D eigenvalue weighted by atomic mass is 16.5. The van der Waals surface area contributed by atoms with E-state index in [0.29, 0.717) is 38.1 Å². The van der Waals surface area contributed by atoms with Crippen molar-refractivity contribution >= 4 is 5.91 Å². The molecule has 3 atom stereocenters. The Labute approximate surface area is 191 Å². The van der Waals surface area contributed by atoms with Gasteiger partial charge < -0.3 is 15.4 Å². The monoisotopic (exact) mass is 436 g/mol. The van der Waals surface area contributed by atoms with Gasteiger partial charge in [0.1, 0.15) is 0 Å². The molecule has 3 heterocycles. The van der Waals surface area contributed by atoms with Crippen molar-refractivity contribution in [1.82, 2.24) is 20.5 Å². The van der Waals surface area contributed by atoms with Crippen LogP contribution in [-0.2, 0) is 22.7 Å². The fraction of sp³-hybridized carbons (Fsp3) is 0.538. The van der Waals surface area contributed by atoms with E-state index in [-0.39, 0.29) is 5.91 Å². The van der Waals surface area contributed by atoms with E-state index in [1.807, 2.05) is 48.8 Å². The van der Waals surface area contributed by atoms with Crippen molar-refractivity contribution in [2.24, 2.45) is 11.8 Å². The first-order chi connectivity index (χ1) is 15.8. The first-order valence-corrected chi connectivity index (χ1v) is 12.0. The van der Waals surface area contributed by atoms with Gasteiger partial charge in [-0.2, -0.15) is 0 Å². The van der Waals surface area contributed by atoms with Gasteiger partial charge in [-0.3, -0.25) is 14.7 Å². The maximum atomic E-state index is 12.2. The summed E-state index contributed by atoms with van der Waals surface area (Å²) in [6.45, 7) is 6.08. The van der Waals surface area contributed by atoms with Gasteiger partial charge in [-0.1, -0.05) is 36.4 Å². The second-order valence-electron chi connectivity index (χ2n) is 9.21. The Morgan fingerprint density at radius 2 is 2.03 bits per heavy atom. The van der Waals surface area contributed by atoms with Crippen molar-refractivity contribution in [2.45, 2.75) is 44.9 Å². The van der Waals surface area contributed by atoms with Crippen molar-refractivity contribution < 1.29 is 9.53 Å².